The monoisotopic (exact) mass is 352 g/mol. The van der Waals surface area contributed by atoms with Crippen molar-refractivity contribution in [3.8, 4) is 0 Å². The van der Waals surface area contributed by atoms with Crippen molar-refractivity contribution in [1.82, 2.24) is 10.6 Å². The van der Waals surface area contributed by atoms with Crippen LogP contribution in [0.2, 0.25) is 0 Å². The summed E-state index contributed by atoms with van der Waals surface area (Å²) in [5, 5.41) is 6.53. The fourth-order valence-electron chi connectivity index (χ4n) is 3.18. The molecular weight excluding hydrogens is 328 g/mol. The Morgan fingerprint density at radius 1 is 1.24 bits per heavy atom. The summed E-state index contributed by atoms with van der Waals surface area (Å²) in [5.74, 6) is 0.140. The normalized spacial score (nSPS) is 19.0. The van der Waals surface area contributed by atoms with Gasteiger partial charge in [-0.1, -0.05) is 47.3 Å². The summed E-state index contributed by atoms with van der Waals surface area (Å²) in [6.45, 7) is 2.04. The second-order valence-electron chi connectivity index (χ2n) is 6.11. The first-order valence-electron chi connectivity index (χ1n) is 7.78. The number of benzene rings is 1. The van der Waals surface area contributed by atoms with Crippen LogP contribution < -0.4 is 10.6 Å². The van der Waals surface area contributed by atoms with E-state index in [9.17, 15) is 4.79 Å². The number of hydrogen-bond acceptors (Lipinski definition) is 2. The molecular formula is C17H25BrN2O. The molecule has 4 heteroatoms. The van der Waals surface area contributed by atoms with Gasteiger partial charge in [0.2, 0.25) is 5.91 Å². The van der Waals surface area contributed by atoms with Crippen LogP contribution in [-0.2, 0) is 4.79 Å². The van der Waals surface area contributed by atoms with E-state index >= 15 is 0 Å². The highest BCUT2D eigenvalue weighted by Crippen LogP contribution is 2.31. The largest absolute Gasteiger partial charge is 0.350 e. The first-order chi connectivity index (χ1) is 10.0. The zero-order chi connectivity index (χ0) is 15.3. The lowest BCUT2D eigenvalue weighted by molar-refractivity contribution is -0.123. The first-order valence-corrected chi connectivity index (χ1v) is 8.58. The SMILES string of the molecule is CNC1(CC(=O)NC(C)c2ccc(Br)cc2)CCCCC1. The molecule has 1 aromatic rings. The third-order valence-corrected chi connectivity index (χ3v) is 5.12. The fourth-order valence-corrected chi connectivity index (χ4v) is 3.44. The third kappa shape index (κ3) is 4.55. The Balaban J connectivity index is 1.92. The highest BCUT2D eigenvalue weighted by atomic mass is 79.9. The molecule has 1 fully saturated rings. The summed E-state index contributed by atoms with van der Waals surface area (Å²) in [7, 11) is 1.98. The molecule has 0 aliphatic heterocycles. The molecule has 1 unspecified atom stereocenters. The molecule has 1 saturated carbocycles. The Hall–Kier alpha value is -0.870. The number of nitrogens with one attached hydrogen (secondary N) is 2. The Bertz CT molecular complexity index is 466. The van der Waals surface area contributed by atoms with E-state index in [-0.39, 0.29) is 17.5 Å². The molecule has 21 heavy (non-hydrogen) atoms. The van der Waals surface area contributed by atoms with Crippen molar-refractivity contribution >= 4 is 21.8 Å². The predicted molar refractivity (Wildman–Crippen MR) is 90.2 cm³/mol. The number of hydrogen-bond donors (Lipinski definition) is 2. The van der Waals surface area contributed by atoms with Gasteiger partial charge in [0, 0.05) is 16.4 Å². The molecule has 0 aromatic heterocycles. The van der Waals surface area contributed by atoms with Crippen molar-refractivity contribution in [1.29, 1.82) is 0 Å². The lowest BCUT2D eigenvalue weighted by Gasteiger charge is -2.37. The van der Waals surface area contributed by atoms with Gasteiger partial charge in [0.25, 0.3) is 0 Å². The van der Waals surface area contributed by atoms with E-state index in [1.807, 2.05) is 38.2 Å². The second kappa shape index (κ2) is 7.41. The standard InChI is InChI=1S/C17H25BrN2O/c1-13(14-6-8-15(18)9-7-14)20-16(21)12-17(19-2)10-4-3-5-11-17/h6-9,13,19H,3-5,10-12H2,1-2H3,(H,20,21). The molecule has 1 atom stereocenters. The van der Waals surface area contributed by atoms with Crippen molar-refractivity contribution in [3.63, 3.8) is 0 Å². The van der Waals surface area contributed by atoms with Crippen LogP contribution in [0.25, 0.3) is 0 Å². The number of halogens is 1. The van der Waals surface area contributed by atoms with E-state index in [1.165, 1.54) is 19.3 Å². The van der Waals surface area contributed by atoms with Crippen LogP contribution in [0.1, 0.15) is 57.1 Å². The summed E-state index contributed by atoms with van der Waals surface area (Å²) >= 11 is 3.43. The fraction of sp³-hybridized carbons (Fsp3) is 0.588. The van der Waals surface area contributed by atoms with Gasteiger partial charge in [-0.3, -0.25) is 4.79 Å². The average Bonchev–Trinajstić information content (AvgIpc) is 2.48. The van der Waals surface area contributed by atoms with Crippen LogP contribution in [-0.4, -0.2) is 18.5 Å². The summed E-state index contributed by atoms with van der Waals surface area (Å²) in [5.41, 5.74) is 1.13. The van der Waals surface area contributed by atoms with E-state index in [4.69, 9.17) is 0 Å². The summed E-state index contributed by atoms with van der Waals surface area (Å²) in [6.07, 6.45) is 6.50. The minimum absolute atomic E-state index is 0.00176. The molecule has 0 heterocycles. The molecule has 3 nitrogen and oxygen atoms in total. The van der Waals surface area contributed by atoms with Crippen LogP contribution in [0.3, 0.4) is 0 Å². The third-order valence-electron chi connectivity index (χ3n) is 4.59. The van der Waals surface area contributed by atoms with E-state index < -0.39 is 0 Å². The van der Waals surface area contributed by atoms with E-state index in [1.54, 1.807) is 0 Å². The van der Waals surface area contributed by atoms with Crippen molar-refractivity contribution in [2.45, 2.75) is 57.0 Å². The maximum atomic E-state index is 12.4. The van der Waals surface area contributed by atoms with E-state index in [0.717, 1.165) is 22.9 Å². The molecule has 1 aliphatic carbocycles. The zero-order valence-electron chi connectivity index (χ0n) is 12.9. The van der Waals surface area contributed by atoms with Crippen molar-refractivity contribution in [2.75, 3.05) is 7.05 Å². The molecule has 2 N–H and O–H groups in total. The Kier molecular flexibility index (Phi) is 5.82. The van der Waals surface area contributed by atoms with Crippen LogP contribution >= 0.6 is 15.9 Å². The van der Waals surface area contributed by atoms with Crippen LogP contribution in [0.4, 0.5) is 0 Å². The minimum atomic E-state index is 0.00176. The number of carbonyl (C=O) groups is 1. The van der Waals surface area contributed by atoms with Gasteiger partial charge >= 0.3 is 0 Å². The topological polar surface area (TPSA) is 41.1 Å². The molecule has 116 valence electrons. The number of rotatable bonds is 5. The maximum absolute atomic E-state index is 12.4. The maximum Gasteiger partial charge on any atom is 0.222 e. The summed E-state index contributed by atoms with van der Waals surface area (Å²) in [4.78, 5) is 12.4. The van der Waals surface area contributed by atoms with Gasteiger partial charge in [-0.05, 0) is 44.5 Å². The molecule has 1 aliphatic rings. The summed E-state index contributed by atoms with van der Waals surface area (Å²) in [6, 6.07) is 8.15. The lowest BCUT2D eigenvalue weighted by Crippen LogP contribution is -2.48. The molecule has 0 saturated heterocycles. The van der Waals surface area contributed by atoms with Crippen LogP contribution in [0.5, 0.6) is 0 Å². The molecule has 1 amide bonds. The Morgan fingerprint density at radius 3 is 2.43 bits per heavy atom. The van der Waals surface area contributed by atoms with Crippen LogP contribution in [0, 0.1) is 0 Å². The van der Waals surface area contributed by atoms with Gasteiger partial charge < -0.3 is 10.6 Å². The second-order valence-corrected chi connectivity index (χ2v) is 7.02. The van der Waals surface area contributed by atoms with Crippen LogP contribution in [0.15, 0.2) is 28.7 Å². The lowest BCUT2D eigenvalue weighted by atomic mass is 9.79. The summed E-state index contributed by atoms with van der Waals surface area (Å²) < 4.78 is 1.06. The van der Waals surface area contributed by atoms with Gasteiger partial charge in [-0.2, -0.15) is 0 Å². The van der Waals surface area contributed by atoms with Gasteiger partial charge in [-0.15, -0.1) is 0 Å². The smallest absolute Gasteiger partial charge is 0.222 e. The van der Waals surface area contributed by atoms with Gasteiger partial charge in [0.1, 0.15) is 0 Å². The van der Waals surface area contributed by atoms with Gasteiger partial charge in [-0.25, -0.2) is 0 Å². The van der Waals surface area contributed by atoms with E-state index in [2.05, 4.69) is 26.6 Å². The quantitative estimate of drug-likeness (QED) is 0.842. The average molecular weight is 353 g/mol. The predicted octanol–water partition coefficient (Wildman–Crippen LogP) is 3.94. The minimum Gasteiger partial charge on any atom is -0.350 e. The molecule has 0 spiro atoms. The molecule has 0 bridgehead atoms. The van der Waals surface area contributed by atoms with Crippen molar-refractivity contribution in [3.05, 3.63) is 34.3 Å². The zero-order valence-corrected chi connectivity index (χ0v) is 14.5. The number of amides is 1. The highest BCUT2D eigenvalue weighted by Gasteiger charge is 2.32. The highest BCUT2D eigenvalue weighted by molar-refractivity contribution is 9.10. The van der Waals surface area contributed by atoms with E-state index in [0.29, 0.717) is 6.42 Å². The number of carbonyl (C=O) groups excluding carboxylic acids is 1. The molecule has 2 rings (SSSR count). The van der Waals surface area contributed by atoms with Crippen molar-refractivity contribution < 1.29 is 4.79 Å². The van der Waals surface area contributed by atoms with Crippen molar-refractivity contribution in [2.24, 2.45) is 0 Å². The Morgan fingerprint density at radius 2 is 1.86 bits per heavy atom. The molecule has 1 aromatic carbocycles. The van der Waals surface area contributed by atoms with Gasteiger partial charge in [0.15, 0.2) is 0 Å². The Labute approximate surface area is 136 Å². The molecule has 0 radical (unpaired) electrons. The van der Waals surface area contributed by atoms with Gasteiger partial charge in [0.05, 0.1) is 6.04 Å². The first kappa shape index (κ1) is 16.5.